The van der Waals surface area contributed by atoms with Gasteiger partial charge in [0.2, 0.25) is 0 Å². The van der Waals surface area contributed by atoms with E-state index in [4.69, 9.17) is 8.83 Å². The molecule has 9 rings (SSSR count). The Balaban J connectivity index is 1.29. The molecule has 0 unspecified atom stereocenters. The molecule has 0 fully saturated rings. The number of furan rings is 2. The van der Waals surface area contributed by atoms with Gasteiger partial charge in [-0.3, -0.25) is 0 Å². The SMILES string of the molecule is C=Cc1c(/C=C\C)oc2c1ccc1c3ccc(-c4c5ccccc5c(-c5cccc(-c6ccccc6)c5)c5ccccc45)cc3oc12. The quantitative estimate of drug-likeness (QED) is 0.183. The van der Waals surface area contributed by atoms with Crippen molar-refractivity contribution in [2.24, 2.45) is 0 Å². The molecule has 0 radical (unpaired) electrons. The minimum Gasteiger partial charge on any atom is -0.452 e. The standard InChI is InChI=1S/C45H30O2/c1-3-13-40-32(4-2)38-24-25-39-33-23-22-31(27-41(33)47-45(39)44(38)46-40)43-36-20-10-8-18-34(36)42(35-19-9-11-21-37(35)43)30-17-12-16-29(26-30)28-14-6-5-7-15-28/h3-27H,2H2,1H3/b13-3-. The maximum Gasteiger partial charge on any atom is 0.178 e. The number of rotatable bonds is 5. The molecule has 7 aromatic carbocycles. The van der Waals surface area contributed by atoms with Gasteiger partial charge in [-0.15, -0.1) is 0 Å². The van der Waals surface area contributed by atoms with Gasteiger partial charge < -0.3 is 8.83 Å². The van der Waals surface area contributed by atoms with Crippen LogP contribution in [0, 0.1) is 0 Å². The molecule has 0 aliphatic heterocycles. The van der Waals surface area contributed by atoms with Gasteiger partial charge in [0, 0.05) is 21.7 Å². The molecule has 0 aliphatic carbocycles. The molecule has 0 atom stereocenters. The van der Waals surface area contributed by atoms with E-state index in [1.807, 2.05) is 25.2 Å². The molecule has 222 valence electrons. The fourth-order valence-corrected chi connectivity index (χ4v) is 7.30. The zero-order valence-electron chi connectivity index (χ0n) is 26.0. The third-order valence-electron chi connectivity index (χ3n) is 9.36. The molecule has 0 aliphatic rings. The highest BCUT2D eigenvalue weighted by Gasteiger charge is 2.20. The van der Waals surface area contributed by atoms with Gasteiger partial charge in [0.15, 0.2) is 11.2 Å². The normalized spacial score (nSPS) is 11.9. The van der Waals surface area contributed by atoms with Crippen molar-refractivity contribution in [2.75, 3.05) is 0 Å². The average molecular weight is 603 g/mol. The summed E-state index contributed by atoms with van der Waals surface area (Å²) in [5, 5.41) is 7.98. The van der Waals surface area contributed by atoms with Crippen LogP contribution in [0.25, 0.3) is 100.0 Å². The van der Waals surface area contributed by atoms with Crippen molar-refractivity contribution in [1.82, 2.24) is 0 Å². The molecular weight excluding hydrogens is 572 g/mol. The highest BCUT2D eigenvalue weighted by Crippen LogP contribution is 2.46. The number of benzene rings is 7. The van der Waals surface area contributed by atoms with Gasteiger partial charge in [0.05, 0.1) is 0 Å². The van der Waals surface area contributed by atoms with Crippen molar-refractivity contribution in [3.05, 3.63) is 157 Å². The minimum atomic E-state index is 0.751. The lowest BCUT2D eigenvalue weighted by molar-refractivity contribution is 0.590. The third kappa shape index (κ3) is 4.19. The van der Waals surface area contributed by atoms with E-state index in [-0.39, 0.29) is 0 Å². The maximum absolute atomic E-state index is 6.64. The summed E-state index contributed by atoms with van der Waals surface area (Å²) in [6.07, 6.45) is 5.81. The highest BCUT2D eigenvalue weighted by molar-refractivity contribution is 6.22. The van der Waals surface area contributed by atoms with Crippen LogP contribution < -0.4 is 0 Å². The van der Waals surface area contributed by atoms with Gasteiger partial charge >= 0.3 is 0 Å². The van der Waals surface area contributed by atoms with Crippen LogP contribution in [0.1, 0.15) is 18.2 Å². The monoisotopic (exact) mass is 602 g/mol. The molecule has 2 heterocycles. The van der Waals surface area contributed by atoms with Crippen molar-refractivity contribution in [3.63, 3.8) is 0 Å². The zero-order valence-corrected chi connectivity index (χ0v) is 26.0. The molecule has 2 aromatic heterocycles. The lowest BCUT2D eigenvalue weighted by Crippen LogP contribution is -1.91. The fraction of sp³-hybridized carbons (Fsp3) is 0.0222. The molecule has 0 saturated heterocycles. The van der Waals surface area contributed by atoms with Gasteiger partial charge in [-0.2, -0.15) is 0 Å². The Morgan fingerprint density at radius 3 is 1.68 bits per heavy atom. The molecule has 0 N–H and O–H groups in total. The summed E-state index contributed by atoms with van der Waals surface area (Å²) in [6, 6.07) is 47.9. The van der Waals surface area contributed by atoms with E-state index in [1.165, 1.54) is 49.4 Å². The second-order valence-electron chi connectivity index (χ2n) is 12.0. The van der Waals surface area contributed by atoms with Gasteiger partial charge in [-0.25, -0.2) is 0 Å². The first-order valence-electron chi connectivity index (χ1n) is 16.0. The van der Waals surface area contributed by atoms with Crippen LogP contribution in [0.2, 0.25) is 0 Å². The molecule has 0 amide bonds. The summed E-state index contributed by atoms with van der Waals surface area (Å²) in [5.74, 6) is 0.790. The highest BCUT2D eigenvalue weighted by atomic mass is 16.4. The van der Waals surface area contributed by atoms with Crippen LogP contribution in [0.5, 0.6) is 0 Å². The molecule has 0 saturated carbocycles. The van der Waals surface area contributed by atoms with Gasteiger partial charge in [0.25, 0.3) is 0 Å². The summed E-state index contributed by atoms with van der Waals surface area (Å²) in [4.78, 5) is 0. The van der Waals surface area contributed by atoms with Crippen molar-refractivity contribution in [2.45, 2.75) is 6.92 Å². The smallest absolute Gasteiger partial charge is 0.178 e. The van der Waals surface area contributed by atoms with Gasteiger partial charge in [0.1, 0.15) is 11.3 Å². The van der Waals surface area contributed by atoms with Crippen molar-refractivity contribution in [3.8, 4) is 33.4 Å². The van der Waals surface area contributed by atoms with Gasteiger partial charge in [-0.1, -0.05) is 122 Å². The Morgan fingerprint density at radius 2 is 1.02 bits per heavy atom. The van der Waals surface area contributed by atoms with Crippen molar-refractivity contribution >= 4 is 66.6 Å². The molecule has 9 aromatic rings. The Labute approximate surface area is 272 Å². The van der Waals surface area contributed by atoms with Crippen LogP contribution in [0.4, 0.5) is 0 Å². The number of allylic oxidation sites excluding steroid dienone is 1. The van der Waals surface area contributed by atoms with E-state index >= 15 is 0 Å². The maximum atomic E-state index is 6.64. The third-order valence-corrected chi connectivity index (χ3v) is 9.36. The molecule has 47 heavy (non-hydrogen) atoms. The molecule has 0 spiro atoms. The van der Waals surface area contributed by atoms with E-state index < -0.39 is 0 Å². The second-order valence-corrected chi connectivity index (χ2v) is 12.0. The second kappa shape index (κ2) is 10.8. The van der Waals surface area contributed by atoms with E-state index in [1.54, 1.807) is 0 Å². The Bertz CT molecular complexity index is 2640. The van der Waals surface area contributed by atoms with Crippen LogP contribution >= 0.6 is 0 Å². The number of hydrogen-bond acceptors (Lipinski definition) is 2. The van der Waals surface area contributed by atoms with E-state index in [9.17, 15) is 0 Å². The summed E-state index contributed by atoms with van der Waals surface area (Å²) >= 11 is 0. The minimum absolute atomic E-state index is 0.751. The summed E-state index contributed by atoms with van der Waals surface area (Å²) in [6.45, 7) is 6.02. The van der Waals surface area contributed by atoms with E-state index in [0.29, 0.717) is 0 Å². The van der Waals surface area contributed by atoms with Crippen LogP contribution in [0.15, 0.2) is 155 Å². The Hall–Kier alpha value is -6.12. The predicted octanol–water partition coefficient (Wildman–Crippen LogP) is 13.3. The molecular formula is C45H30O2. The summed E-state index contributed by atoms with van der Waals surface area (Å²) in [7, 11) is 0. The Morgan fingerprint density at radius 1 is 0.468 bits per heavy atom. The lowest BCUT2D eigenvalue weighted by atomic mass is 9.85. The summed E-state index contributed by atoms with van der Waals surface area (Å²) in [5.41, 5.74) is 10.5. The van der Waals surface area contributed by atoms with Crippen LogP contribution in [-0.2, 0) is 0 Å². The van der Waals surface area contributed by atoms with Crippen LogP contribution in [-0.4, -0.2) is 0 Å². The average Bonchev–Trinajstić information content (AvgIpc) is 3.68. The predicted molar refractivity (Wildman–Crippen MR) is 200 cm³/mol. The van der Waals surface area contributed by atoms with Crippen molar-refractivity contribution in [1.29, 1.82) is 0 Å². The molecule has 2 heteroatoms. The number of fused-ring (bicyclic) bond motifs is 7. The zero-order chi connectivity index (χ0) is 31.5. The molecule has 2 nitrogen and oxygen atoms in total. The van der Waals surface area contributed by atoms with E-state index in [2.05, 4.69) is 140 Å². The van der Waals surface area contributed by atoms with Crippen LogP contribution in [0.3, 0.4) is 0 Å². The van der Waals surface area contributed by atoms with Crippen molar-refractivity contribution < 1.29 is 8.83 Å². The largest absolute Gasteiger partial charge is 0.452 e. The lowest BCUT2D eigenvalue weighted by Gasteiger charge is -2.18. The first kappa shape index (κ1) is 27.2. The first-order valence-corrected chi connectivity index (χ1v) is 16.0. The topological polar surface area (TPSA) is 26.3 Å². The fourth-order valence-electron chi connectivity index (χ4n) is 7.30. The van der Waals surface area contributed by atoms with E-state index in [0.717, 1.165) is 49.8 Å². The summed E-state index contributed by atoms with van der Waals surface area (Å²) < 4.78 is 13.0. The number of hydrogen-bond donors (Lipinski definition) is 0. The Kier molecular flexibility index (Phi) is 6.22. The molecule has 0 bridgehead atoms. The first-order chi connectivity index (χ1) is 23.2. The van der Waals surface area contributed by atoms with Gasteiger partial charge in [-0.05, 0) is 98.3 Å².